The fraction of sp³-hybridized carbons (Fsp3) is 0.500. The highest BCUT2D eigenvalue weighted by Crippen LogP contribution is 2.26. The minimum absolute atomic E-state index is 0.0389. The number of hydrogen-bond acceptors (Lipinski definition) is 4. The number of anilines is 1. The number of phenolic OH excluding ortho intramolecular Hbond substituents is 1. The van der Waals surface area contributed by atoms with E-state index in [-0.39, 0.29) is 23.7 Å². The second kappa shape index (κ2) is 7.15. The quantitative estimate of drug-likeness (QED) is 0.841. The number of piperidine rings is 1. The zero-order valence-corrected chi connectivity index (χ0v) is 13.0. The first-order valence-electron chi connectivity index (χ1n) is 7.53. The Morgan fingerprint density at radius 2 is 2.23 bits per heavy atom. The van der Waals surface area contributed by atoms with Crippen molar-refractivity contribution in [2.45, 2.75) is 26.7 Å². The van der Waals surface area contributed by atoms with Gasteiger partial charge in [0.1, 0.15) is 5.75 Å². The van der Waals surface area contributed by atoms with Crippen molar-refractivity contribution in [1.82, 2.24) is 4.90 Å². The third-order valence-corrected chi connectivity index (χ3v) is 3.73. The van der Waals surface area contributed by atoms with E-state index in [4.69, 9.17) is 4.74 Å². The van der Waals surface area contributed by atoms with E-state index in [0.29, 0.717) is 31.8 Å². The Morgan fingerprint density at radius 3 is 2.95 bits per heavy atom. The van der Waals surface area contributed by atoms with Gasteiger partial charge in [0.2, 0.25) is 5.91 Å². The Hall–Kier alpha value is -2.24. The van der Waals surface area contributed by atoms with Crippen molar-refractivity contribution in [2.24, 2.45) is 5.92 Å². The predicted molar refractivity (Wildman–Crippen MR) is 82.8 cm³/mol. The van der Waals surface area contributed by atoms with Crippen LogP contribution in [-0.4, -0.2) is 41.7 Å². The summed E-state index contributed by atoms with van der Waals surface area (Å²) in [4.78, 5) is 25.7. The average Bonchev–Trinajstić information content (AvgIpc) is 2.51. The Labute approximate surface area is 130 Å². The van der Waals surface area contributed by atoms with Crippen molar-refractivity contribution < 1.29 is 19.4 Å². The van der Waals surface area contributed by atoms with E-state index in [0.717, 1.165) is 12.0 Å². The van der Waals surface area contributed by atoms with Crippen LogP contribution in [0.2, 0.25) is 0 Å². The van der Waals surface area contributed by atoms with Crippen LogP contribution >= 0.6 is 0 Å². The lowest BCUT2D eigenvalue weighted by Gasteiger charge is -2.31. The predicted octanol–water partition coefficient (Wildman–Crippen LogP) is 2.51. The molecule has 0 radical (unpaired) electrons. The van der Waals surface area contributed by atoms with Gasteiger partial charge in [0.15, 0.2) is 0 Å². The zero-order chi connectivity index (χ0) is 16.1. The standard InChI is InChI=1S/C16H22N2O4/c1-3-22-16(21)18-8-4-5-12(10-18)15(20)17-13-9-11(2)6-7-14(13)19/h6-7,9,12,19H,3-5,8,10H2,1-2H3,(H,17,20). The van der Waals surface area contributed by atoms with Crippen LogP contribution in [0.15, 0.2) is 18.2 Å². The molecule has 1 atom stereocenters. The first kappa shape index (κ1) is 16.1. The molecule has 22 heavy (non-hydrogen) atoms. The maximum atomic E-state index is 12.4. The number of benzene rings is 1. The molecule has 6 nitrogen and oxygen atoms in total. The SMILES string of the molecule is CCOC(=O)N1CCCC(C(=O)Nc2cc(C)ccc2O)C1. The van der Waals surface area contributed by atoms with Gasteiger partial charge in [0.05, 0.1) is 18.2 Å². The summed E-state index contributed by atoms with van der Waals surface area (Å²) < 4.78 is 4.98. The fourth-order valence-corrected chi connectivity index (χ4v) is 2.56. The number of phenols is 1. The van der Waals surface area contributed by atoms with Crippen molar-refractivity contribution in [1.29, 1.82) is 0 Å². The second-order valence-electron chi connectivity index (χ2n) is 5.49. The molecule has 1 fully saturated rings. The van der Waals surface area contributed by atoms with Crippen molar-refractivity contribution in [3.05, 3.63) is 23.8 Å². The molecule has 120 valence electrons. The van der Waals surface area contributed by atoms with Gasteiger partial charge in [-0.3, -0.25) is 4.79 Å². The van der Waals surface area contributed by atoms with Gasteiger partial charge in [-0.05, 0) is 44.4 Å². The average molecular weight is 306 g/mol. The highest BCUT2D eigenvalue weighted by atomic mass is 16.6. The van der Waals surface area contributed by atoms with Gasteiger partial charge >= 0.3 is 6.09 Å². The number of rotatable bonds is 3. The molecule has 0 saturated carbocycles. The van der Waals surface area contributed by atoms with Crippen molar-refractivity contribution >= 4 is 17.7 Å². The van der Waals surface area contributed by atoms with E-state index in [1.165, 1.54) is 0 Å². The molecule has 1 aliphatic rings. The molecular formula is C16H22N2O4. The van der Waals surface area contributed by atoms with Crippen LogP contribution in [0, 0.1) is 12.8 Å². The summed E-state index contributed by atoms with van der Waals surface area (Å²) in [6.45, 7) is 4.92. The maximum Gasteiger partial charge on any atom is 0.409 e. The summed E-state index contributed by atoms with van der Waals surface area (Å²) in [6.07, 6.45) is 1.10. The fourth-order valence-electron chi connectivity index (χ4n) is 2.56. The molecule has 2 amide bonds. The van der Waals surface area contributed by atoms with E-state index < -0.39 is 0 Å². The molecule has 0 spiro atoms. The molecule has 0 bridgehead atoms. The van der Waals surface area contributed by atoms with E-state index in [9.17, 15) is 14.7 Å². The molecule has 1 saturated heterocycles. The summed E-state index contributed by atoms with van der Waals surface area (Å²) in [5, 5.41) is 12.5. The largest absolute Gasteiger partial charge is 0.506 e. The lowest BCUT2D eigenvalue weighted by atomic mass is 9.97. The summed E-state index contributed by atoms with van der Waals surface area (Å²) in [7, 11) is 0. The number of carbonyl (C=O) groups excluding carboxylic acids is 2. The molecule has 2 rings (SSSR count). The van der Waals surface area contributed by atoms with E-state index in [2.05, 4.69) is 5.32 Å². The normalized spacial score (nSPS) is 17.9. The second-order valence-corrected chi connectivity index (χ2v) is 5.49. The number of likely N-dealkylation sites (tertiary alicyclic amines) is 1. The number of hydrogen-bond donors (Lipinski definition) is 2. The Morgan fingerprint density at radius 1 is 1.45 bits per heavy atom. The van der Waals surface area contributed by atoms with Crippen LogP contribution < -0.4 is 5.32 Å². The minimum Gasteiger partial charge on any atom is -0.506 e. The number of aryl methyl sites for hydroxylation is 1. The first-order valence-corrected chi connectivity index (χ1v) is 7.53. The molecule has 2 N–H and O–H groups in total. The molecule has 1 unspecified atom stereocenters. The molecule has 1 aliphatic heterocycles. The number of ether oxygens (including phenoxy) is 1. The number of carbonyl (C=O) groups is 2. The van der Waals surface area contributed by atoms with Crippen molar-refractivity contribution in [3.8, 4) is 5.75 Å². The third-order valence-electron chi connectivity index (χ3n) is 3.73. The Balaban J connectivity index is 2.00. The summed E-state index contributed by atoms with van der Waals surface area (Å²) in [5.74, 6) is -0.440. The number of amides is 2. The van der Waals surface area contributed by atoms with Gasteiger partial charge in [0.25, 0.3) is 0 Å². The summed E-state index contributed by atoms with van der Waals surface area (Å²) in [5.41, 5.74) is 1.35. The Bertz CT molecular complexity index is 559. The molecule has 6 heteroatoms. The highest BCUT2D eigenvalue weighted by Gasteiger charge is 2.29. The van der Waals surface area contributed by atoms with Gasteiger partial charge in [-0.25, -0.2) is 4.79 Å². The smallest absolute Gasteiger partial charge is 0.409 e. The van der Waals surface area contributed by atoms with Gasteiger partial charge < -0.3 is 20.1 Å². The molecule has 1 heterocycles. The first-order chi connectivity index (χ1) is 10.5. The topological polar surface area (TPSA) is 78.9 Å². The lowest BCUT2D eigenvalue weighted by molar-refractivity contribution is -0.121. The van der Waals surface area contributed by atoms with E-state index in [1.54, 1.807) is 30.0 Å². The van der Waals surface area contributed by atoms with E-state index >= 15 is 0 Å². The molecule has 0 aromatic heterocycles. The van der Waals surface area contributed by atoms with Gasteiger partial charge in [-0.2, -0.15) is 0 Å². The lowest BCUT2D eigenvalue weighted by Crippen LogP contribution is -2.44. The number of aromatic hydroxyl groups is 1. The highest BCUT2D eigenvalue weighted by molar-refractivity contribution is 5.94. The third kappa shape index (κ3) is 3.90. The number of nitrogens with one attached hydrogen (secondary N) is 1. The monoisotopic (exact) mass is 306 g/mol. The van der Waals surface area contributed by atoms with Crippen LogP contribution in [0.5, 0.6) is 5.75 Å². The minimum atomic E-state index is -0.376. The molecule has 1 aromatic carbocycles. The number of nitrogens with zero attached hydrogens (tertiary/aromatic N) is 1. The zero-order valence-electron chi connectivity index (χ0n) is 13.0. The van der Waals surface area contributed by atoms with Crippen LogP contribution in [0.1, 0.15) is 25.3 Å². The maximum absolute atomic E-state index is 12.4. The van der Waals surface area contributed by atoms with Crippen LogP contribution in [0.3, 0.4) is 0 Å². The van der Waals surface area contributed by atoms with Gasteiger partial charge in [0, 0.05) is 13.1 Å². The van der Waals surface area contributed by atoms with Crippen LogP contribution in [0.25, 0.3) is 0 Å². The van der Waals surface area contributed by atoms with Crippen molar-refractivity contribution in [2.75, 3.05) is 25.0 Å². The van der Waals surface area contributed by atoms with Gasteiger partial charge in [-0.15, -0.1) is 0 Å². The van der Waals surface area contributed by atoms with Crippen molar-refractivity contribution in [3.63, 3.8) is 0 Å². The molecule has 1 aromatic rings. The van der Waals surface area contributed by atoms with Gasteiger partial charge in [-0.1, -0.05) is 6.07 Å². The molecular weight excluding hydrogens is 284 g/mol. The summed E-state index contributed by atoms with van der Waals surface area (Å²) in [6, 6.07) is 5.05. The Kier molecular flexibility index (Phi) is 5.25. The van der Waals surface area contributed by atoms with Crippen LogP contribution in [0.4, 0.5) is 10.5 Å². The van der Waals surface area contributed by atoms with E-state index in [1.807, 2.05) is 6.92 Å². The molecule has 0 aliphatic carbocycles. The van der Waals surface area contributed by atoms with Crippen LogP contribution in [-0.2, 0) is 9.53 Å². The summed E-state index contributed by atoms with van der Waals surface area (Å²) >= 11 is 0.